The fourth-order valence-electron chi connectivity index (χ4n) is 2.71. The lowest BCUT2D eigenvalue weighted by Crippen LogP contribution is -2.57. The molecule has 2 aromatic rings. The SMILES string of the molecule is O=C(CCS(=O)(=O)c1ccccc1)N1CC(S(=O)(=O)Cc2ccco2)C1. The van der Waals surface area contributed by atoms with Crippen LogP contribution in [0.1, 0.15) is 12.2 Å². The maximum absolute atomic E-state index is 12.3. The van der Waals surface area contributed by atoms with Crippen molar-refractivity contribution in [2.45, 2.75) is 22.3 Å². The predicted octanol–water partition coefficient (Wildman–Crippen LogP) is 1.27. The Hall–Kier alpha value is -2.13. The third-order valence-corrected chi connectivity index (χ3v) is 8.05. The highest BCUT2D eigenvalue weighted by atomic mass is 32.2. The second-order valence-corrected chi connectivity index (χ2v) is 10.6. The summed E-state index contributed by atoms with van der Waals surface area (Å²) in [6, 6.07) is 11.1. The van der Waals surface area contributed by atoms with Gasteiger partial charge in [-0.3, -0.25) is 4.79 Å². The van der Waals surface area contributed by atoms with Gasteiger partial charge < -0.3 is 9.32 Å². The summed E-state index contributed by atoms with van der Waals surface area (Å²) in [7, 11) is -6.93. The molecule has 0 aliphatic carbocycles. The third-order valence-electron chi connectivity index (χ3n) is 4.32. The molecule has 0 atom stereocenters. The van der Waals surface area contributed by atoms with E-state index in [1.807, 2.05) is 0 Å². The van der Waals surface area contributed by atoms with Gasteiger partial charge >= 0.3 is 0 Å². The van der Waals surface area contributed by atoms with E-state index >= 15 is 0 Å². The zero-order valence-electron chi connectivity index (χ0n) is 13.9. The molecule has 1 aromatic carbocycles. The Balaban J connectivity index is 1.51. The van der Waals surface area contributed by atoms with Gasteiger partial charge in [-0.15, -0.1) is 0 Å². The van der Waals surface area contributed by atoms with E-state index in [1.54, 1.807) is 30.3 Å². The predicted molar refractivity (Wildman–Crippen MR) is 94.8 cm³/mol. The van der Waals surface area contributed by atoms with Crippen LogP contribution in [0.4, 0.5) is 0 Å². The summed E-state index contributed by atoms with van der Waals surface area (Å²) in [5.74, 6) is -0.483. The van der Waals surface area contributed by atoms with Crippen LogP contribution in [0.5, 0.6) is 0 Å². The highest BCUT2D eigenvalue weighted by Crippen LogP contribution is 2.22. The van der Waals surface area contributed by atoms with Crippen molar-refractivity contribution in [1.29, 1.82) is 0 Å². The minimum absolute atomic E-state index is 0.0905. The standard InChI is InChI=1S/C17H19NO6S2/c19-17(8-10-25(20,21)15-6-2-1-3-7-15)18-11-16(12-18)26(22,23)13-14-5-4-9-24-14/h1-7,9,16H,8,10-13H2. The molecule has 1 aliphatic rings. The summed E-state index contributed by atoms with van der Waals surface area (Å²) in [5.41, 5.74) is 0. The molecule has 1 aliphatic heterocycles. The van der Waals surface area contributed by atoms with E-state index < -0.39 is 24.9 Å². The van der Waals surface area contributed by atoms with E-state index in [0.29, 0.717) is 5.76 Å². The molecule has 140 valence electrons. The smallest absolute Gasteiger partial charge is 0.223 e. The summed E-state index contributed by atoms with van der Waals surface area (Å²) in [4.78, 5) is 13.7. The highest BCUT2D eigenvalue weighted by molar-refractivity contribution is 7.91. The van der Waals surface area contributed by atoms with E-state index in [2.05, 4.69) is 0 Å². The van der Waals surface area contributed by atoms with Crippen LogP contribution >= 0.6 is 0 Å². The van der Waals surface area contributed by atoms with E-state index in [1.165, 1.54) is 23.3 Å². The topological polar surface area (TPSA) is 102 Å². The van der Waals surface area contributed by atoms with Crippen LogP contribution in [-0.2, 0) is 30.2 Å². The summed E-state index contributed by atoms with van der Waals surface area (Å²) < 4.78 is 53.9. The van der Waals surface area contributed by atoms with E-state index in [4.69, 9.17) is 4.42 Å². The molecule has 2 heterocycles. The van der Waals surface area contributed by atoms with E-state index in [0.717, 1.165) is 0 Å². The number of rotatable bonds is 7. The van der Waals surface area contributed by atoms with Crippen LogP contribution in [0.3, 0.4) is 0 Å². The number of furan rings is 1. The van der Waals surface area contributed by atoms with E-state index in [9.17, 15) is 21.6 Å². The molecule has 0 saturated carbocycles. The summed E-state index contributed by atoms with van der Waals surface area (Å²) in [6.07, 6.45) is 1.25. The van der Waals surface area contributed by atoms with Crippen molar-refractivity contribution in [3.63, 3.8) is 0 Å². The Morgan fingerprint density at radius 2 is 1.73 bits per heavy atom. The van der Waals surface area contributed by atoms with Crippen molar-refractivity contribution < 1.29 is 26.0 Å². The molecule has 1 aromatic heterocycles. The number of benzene rings is 1. The molecular weight excluding hydrogens is 378 g/mol. The minimum Gasteiger partial charge on any atom is -0.468 e. The molecule has 7 nitrogen and oxygen atoms in total. The Bertz CT molecular complexity index is 960. The van der Waals surface area contributed by atoms with Crippen molar-refractivity contribution in [2.24, 2.45) is 0 Å². The molecule has 0 N–H and O–H groups in total. The maximum Gasteiger partial charge on any atom is 0.223 e. The number of hydrogen-bond donors (Lipinski definition) is 0. The molecule has 0 spiro atoms. The average Bonchev–Trinajstić information content (AvgIpc) is 3.04. The lowest BCUT2D eigenvalue weighted by atomic mass is 10.2. The molecule has 0 unspecified atom stereocenters. The molecule has 9 heteroatoms. The van der Waals surface area contributed by atoms with Gasteiger partial charge in [-0.1, -0.05) is 18.2 Å². The van der Waals surface area contributed by atoms with Gasteiger partial charge in [-0.25, -0.2) is 16.8 Å². The Morgan fingerprint density at radius 1 is 1.04 bits per heavy atom. The van der Waals surface area contributed by atoms with Crippen molar-refractivity contribution in [3.05, 3.63) is 54.5 Å². The van der Waals surface area contributed by atoms with Crippen molar-refractivity contribution in [1.82, 2.24) is 4.90 Å². The number of hydrogen-bond acceptors (Lipinski definition) is 6. The van der Waals surface area contributed by atoms with Crippen molar-refractivity contribution in [2.75, 3.05) is 18.8 Å². The van der Waals surface area contributed by atoms with Crippen LogP contribution < -0.4 is 0 Å². The molecule has 1 saturated heterocycles. The fraction of sp³-hybridized carbons (Fsp3) is 0.353. The van der Waals surface area contributed by atoms with Crippen LogP contribution in [0.2, 0.25) is 0 Å². The Labute approximate surface area is 152 Å². The number of nitrogens with zero attached hydrogens (tertiary/aromatic N) is 1. The van der Waals surface area contributed by atoms with E-state index in [-0.39, 0.29) is 41.8 Å². The number of carbonyl (C=O) groups excluding carboxylic acids is 1. The Morgan fingerprint density at radius 3 is 2.35 bits per heavy atom. The van der Waals surface area contributed by atoms with Gasteiger partial charge in [0.05, 0.1) is 22.2 Å². The maximum atomic E-state index is 12.3. The van der Waals surface area contributed by atoms with Crippen LogP contribution in [-0.4, -0.2) is 51.7 Å². The monoisotopic (exact) mass is 397 g/mol. The lowest BCUT2D eigenvalue weighted by molar-refractivity contribution is -0.133. The average molecular weight is 397 g/mol. The molecule has 1 fully saturated rings. The first kappa shape index (κ1) is 18.7. The van der Waals surface area contributed by atoms with Crippen molar-refractivity contribution >= 4 is 25.6 Å². The summed E-state index contributed by atoms with van der Waals surface area (Å²) >= 11 is 0. The summed E-state index contributed by atoms with van der Waals surface area (Å²) in [6.45, 7) is 0.181. The lowest BCUT2D eigenvalue weighted by Gasteiger charge is -2.38. The fourth-order valence-corrected chi connectivity index (χ4v) is 5.57. The second kappa shape index (κ2) is 7.24. The quantitative estimate of drug-likeness (QED) is 0.697. The number of likely N-dealkylation sites (tertiary alicyclic amines) is 1. The van der Waals surface area contributed by atoms with Gasteiger partial charge in [-0.05, 0) is 24.3 Å². The number of amides is 1. The van der Waals surface area contributed by atoms with Gasteiger partial charge in [-0.2, -0.15) is 0 Å². The Kier molecular flexibility index (Phi) is 5.19. The molecule has 0 bridgehead atoms. The molecular formula is C17H19NO6S2. The number of carbonyl (C=O) groups is 1. The zero-order valence-corrected chi connectivity index (χ0v) is 15.6. The second-order valence-electron chi connectivity index (χ2n) is 6.19. The number of sulfone groups is 2. The van der Waals surface area contributed by atoms with Gasteiger partial charge in [0.1, 0.15) is 11.5 Å². The van der Waals surface area contributed by atoms with Crippen LogP contribution in [0.15, 0.2) is 58.0 Å². The largest absolute Gasteiger partial charge is 0.468 e. The van der Waals surface area contributed by atoms with Crippen LogP contribution in [0.25, 0.3) is 0 Å². The third kappa shape index (κ3) is 4.16. The first-order valence-corrected chi connectivity index (χ1v) is 11.4. The molecule has 0 radical (unpaired) electrons. The summed E-state index contributed by atoms with van der Waals surface area (Å²) in [5, 5.41) is -0.637. The first-order chi connectivity index (χ1) is 12.3. The van der Waals surface area contributed by atoms with Gasteiger partial charge in [0.2, 0.25) is 5.91 Å². The van der Waals surface area contributed by atoms with Gasteiger partial charge in [0.15, 0.2) is 19.7 Å². The highest BCUT2D eigenvalue weighted by Gasteiger charge is 2.40. The molecule has 26 heavy (non-hydrogen) atoms. The molecule has 1 amide bonds. The minimum atomic E-state index is -3.53. The van der Waals surface area contributed by atoms with Crippen molar-refractivity contribution in [3.8, 4) is 0 Å². The first-order valence-electron chi connectivity index (χ1n) is 8.07. The van der Waals surface area contributed by atoms with Gasteiger partial charge in [0.25, 0.3) is 0 Å². The zero-order chi connectivity index (χ0) is 18.8. The van der Waals surface area contributed by atoms with Gasteiger partial charge in [0, 0.05) is 19.5 Å². The normalized spacial score (nSPS) is 15.6. The van der Waals surface area contributed by atoms with Crippen LogP contribution in [0, 0.1) is 0 Å². The molecule has 3 rings (SSSR count).